The number of nitrogen functional groups attached to an aromatic ring is 1. The van der Waals surface area contributed by atoms with Gasteiger partial charge in [0.05, 0.1) is 12.7 Å². The van der Waals surface area contributed by atoms with Crippen molar-refractivity contribution in [2.75, 3.05) is 31.3 Å². The average molecular weight is 291 g/mol. The summed E-state index contributed by atoms with van der Waals surface area (Å²) in [6, 6.07) is 1.62. The Hall–Kier alpha value is -0.920. The van der Waals surface area contributed by atoms with E-state index < -0.39 is 6.10 Å². The van der Waals surface area contributed by atoms with Gasteiger partial charge in [0.25, 0.3) is 0 Å². The van der Waals surface area contributed by atoms with Crippen LogP contribution in [0.1, 0.15) is 6.42 Å². The molecule has 0 radical (unpaired) electrons. The molecular formula is C9H15BrN4O2. The number of halogens is 1. The van der Waals surface area contributed by atoms with Gasteiger partial charge < -0.3 is 20.9 Å². The number of methoxy groups -OCH3 is 1. The van der Waals surface area contributed by atoms with Gasteiger partial charge in [-0.25, -0.2) is 4.98 Å². The van der Waals surface area contributed by atoms with Crippen molar-refractivity contribution >= 4 is 27.7 Å². The van der Waals surface area contributed by atoms with Crippen LogP contribution in [0.15, 0.2) is 10.7 Å². The number of ether oxygens (including phenoxy) is 1. The number of rotatable bonds is 6. The number of aromatic nitrogens is 2. The standard InChI is InChI=1S/C9H15BrN4O2/c1-16-5-6(15)2-3-12-9-13-7(10)4-8(11)14-9/h4,6,15H,2-3,5H2,1H3,(H3,11,12,13,14). The number of nitrogens with one attached hydrogen (secondary N) is 1. The molecule has 0 aromatic carbocycles. The van der Waals surface area contributed by atoms with E-state index in [0.717, 1.165) is 0 Å². The maximum atomic E-state index is 9.40. The minimum Gasteiger partial charge on any atom is -0.391 e. The van der Waals surface area contributed by atoms with E-state index in [4.69, 9.17) is 10.5 Å². The molecule has 1 aromatic rings. The fourth-order valence-corrected chi connectivity index (χ4v) is 1.54. The van der Waals surface area contributed by atoms with Gasteiger partial charge in [0.2, 0.25) is 5.95 Å². The molecule has 0 fully saturated rings. The average Bonchev–Trinajstić information content (AvgIpc) is 2.16. The predicted molar refractivity (Wildman–Crippen MR) is 65.1 cm³/mol. The smallest absolute Gasteiger partial charge is 0.225 e. The second kappa shape index (κ2) is 6.62. The fraction of sp³-hybridized carbons (Fsp3) is 0.556. The molecule has 90 valence electrons. The highest BCUT2D eigenvalue weighted by Gasteiger charge is 2.04. The van der Waals surface area contributed by atoms with Crippen LogP contribution in [0.5, 0.6) is 0 Å². The Morgan fingerprint density at radius 2 is 2.38 bits per heavy atom. The lowest BCUT2D eigenvalue weighted by Gasteiger charge is -2.10. The second-order valence-corrected chi connectivity index (χ2v) is 4.08. The largest absolute Gasteiger partial charge is 0.391 e. The summed E-state index contributed by atoms with van der Waals surface area (Å²) in [7, 11) is 1.55. The fourth-order valence-electron chi connectivity index (χ4n) is 1.14. The number of anilines is 2. The summed E-state index contributed by atoms with van der Waals surface area (Å²) in [4.78, 5) is 8.07. The van der Waals surface area contributed by atoms with Gasteiger partial charge in [0.1, 0.15) is 10.4 Å². The molecule has 0 saturated carbocycles. The molecule has 6 nitrogen and oxygen atoms in total. The first kappa shape index (κ1) is 13.1. The van der Waals surface area contributed by atoms with Crippen molar-refractivity contribution in [1.82, 2.24) is 9.97 Å². The summed E-state index contributed by atoms with van der Waals surface area (Å²) in [6.07, 6.45) is 0.0749. The summed E-state index contributed by atoms with van der Waals surface area (Å²) in [5.41, 5.74) is 5.55. The highest BCUT2D eigenvalue weighted by Crippen LogP contribution is 2.12. The molecule has 0 bridgehead atoms. The molecule has 7 heteroatoms. The molecule has 1 heterocycles. The van der Waals surface area contributed by atoms with Crippen LogP contribution >= 0.6 is 15.9 Å². The Kier molecular flexibility index (Phi) is 5.44. The third kappa shape index (κ3) is 4.73. The molecule has 1 rings (SSSR count). The SMILES string of the molecule is COCC(O)CCNc1nc(N)cc(Br)n1. The van der Waals surface area contributed by atoms with E-state index in [9.17, 15) is 5.11 Å². The van der Waals surface area contributed by atoms with Gasteiger partial charge >= 0.3 is 0 Å². The molecule has 0 spiro atoms. The van der Waals surface area contributed by atoms with Crippen LogP contribution in [0, 0.1) is 0 Å². The lowest BCUT2D eigenvalue weighted by molar-refractivity contribution is 0.0615. The van der Waals surface area contributed by atoms with Crippen molar-refractivity contribution in [3.63, 3.8) is 0 Å². The molecule has 1 unspecified atom stereocenters. The van der Waals surface area contributed by atoms with E-state index in [1.54, 1.807) is 13.2 Å². The van der Waals surface area contributed by atoms with Crippen LogP contribution in [-0.2, 0) is 4.74 Å². The number of nitrogens with zero attached hydrogens (tertiary/aromatic N) is 2. The molecule has 0 aliphatic carbocycles. The molecule has 16 heavy (non-hydrogen) atoms. The van der Waals surface area contributed by atoms with Gasteiger partial charge in [-0.2, -0.15) is 4.98 Å². The lowest BCUT2D eigenvalue weighted by Crippen LogP contribution is -2.19. The highest BCUT2D eigenvalue weighted by molar-refractivity contribution is 9.10. The van der Waals surface area contributed by atoms with Gasteiger partial charge in [0.15, 0.2) is 0 Å². The van der Waals surface area contributed by atoms with Crippen LogP contribution in [0.4, 0.5) is 11.8 Å². The summed E-state index contributed by atoms with van der Waals surface area (Å²) in [5.74, 6) is 0.832. The van der Waals surface area contributed by atoms with Gasteiger partial charge in [0, 0.05) is 19.7 Å². The Morgan fingerprint density at radius 1 is 1.62 bits per heavy atom. The highest BCUT2D eigenvalue weighted by atomic mass is 79.9. The van der Waals surface area contributed by atoms with Crippen LogP contribution in [0.2, 0.25) is 0 Å². The van der Waals surface area contributed by atoms with Crippen molar-refractivity contribution in [2.45, 2.75) is 12.5 Å². The van der Waals surface area contributed by atoms with Crippen molar-refractivity contribution < 1.29 is 9.84 Å². The molecular weight excluding hydrogens is 276 g/mol. The van der Waals surface area contributed by atoms with E-state index in [2.05, 4.69) is 31.2 Å². The summed E-state index contributed by atoms with van der Waals surface area (Å²) in [5, 5.41) is 12.4. The van der Waals surface area contributed by atoms with Crippen LogP contribution < -0.4 is 11.1 Å². The summed E-state index contributed by atoms with van der Waals surface area (Å²) in [6.45, 7) is 0.879. The maximum absolute atomic E-state index is 9.40. The van der Waals surface area contributed by atoms with Crippen molar-refractivity contribution in [3.05, 3.63) is 10.7 Å². The molecule has 4 N–H and O–H groups in total. The molecule has 0 amide bonds. The van der Waals surface area contributed by atoms with Gasteiger partial charge in [-0.05, 0) is 22.4 Å². The number of hydrogen-bond acceptors (Lipinski definition) is 6. The molecule has 1 atom stereocenters. The van der Waals surface area contributed by atoms with E-state index in [1.807, 2.05) is 0 Å². The number of nitrogens with two attached hydrogens (primary N) is 1. The van der Waals surface area contributed by atoms with Crippen molar-refractivity contribution in [2.24, 2.45) is 0 Å². The summed E-state index contributed by atoms with van der Waals surface area (Å²) < 4.78 is 5.43. The first-order valence-electron chi connectivity index (χ1n) is 4.82. The minimum atomic E-state index is -0.484. The summed E-state index contributed by atoms with van der Waals surface area (Å²) >= 11 is 3.22. The normalized spacial score (nSPS) is 12.4. The first-order chi connectivity index (χ1) is 7.61. The van der Waals surface area contributed by atoms with Crippen LogP contribution in [0.3, 0.4) is 0 Å². The number of aliphatic hydroxyl groups is 1. The Morgan fingerprint density at radius 3 is 3.00 bits per heavy atom. The van der Waals surface area contributed by atoms with Crippen molar-refractivity contribution in [3.8, 4) is 0 Å². The van der Waals surface area contributed by atoms with Crippen molar-refractivity contribution in [1.29, 1.82) is 0 Å². The molecule has 0 aliphatic heterocycles. The predicted octanol–water partition coefficient (Wildman–Crippen LogP) is 0.631. The zero-order valence-electron chi connectivity index (χ0n) is 8.98. The van der Waals surface area contributed by atoms with Gasteiger partial charge in [-0.15, -0.1) is 0 Å². The van der Waals surface area contributed by atoms with Crippen LogP contribution in [-0.4, -0.2) is 41.4 Å². The van der Waals surface area contributed by atoms with E-state index in [0.29, 0.717) is 35.9 Å². The van der Waals surface area contributed by atoms with Gasteiger partial charge in [-0.1, -0.05) is 0 Å². The zero-order valence-corrected chi connectivity index (χ0v) is 10.6. The van der Waals surface area contributed by atoms with E-state index in [1.165, 1.54) is 0 Å². The lowest BCUT2D eigenvalue weighted by atomic mass is 10.3. The zero-order chi connectivity index (χ0) is 12.0. The van der Waals surface area contributed by atoms with Crippen LogP contribution in [0.25, 0.3) is 0 Å². The maximum Gasteiger partial charge on any atom is 0.225 e. The Bertz CT molecular complexity index is 317. The molecule has 0 saturated heterocycles. The first-order valence-corrected chi connectivity index (χ1v) is 5.62. The van der Waals surface area contributed by atoms with Gasteiger partial charge in [-0.3, -0.25) is 0 Å². The molecule has 1 aromatic heterocycles. The number of hydrogen-bond donors (Lipinski definition) is 3. The molecule has 0 aliphatic rings. The van der Waals surface area contributed by atoms with E-state index >= 15 is 0 Å². The third-order valence-corrected chi connectivity index (χ3v) is 2.24. The third-order valence-electron chi connectivity index (χ3n) is 1.83. The topological polar surface area (TPSA) is 93.3 Å². The second-order valence-electron chi connectivity index (χ2n) is 3.26. The van der Waals surface area contributed by atoms with E-state index in [-0.39, 0.29) is 0 Å². The monoisotopic (exact) mass is 290 g/mol. The Labute approximate surface area is 102 Å². The number of aliphatic hydroxyl groups excluding tert-OH is 1. The quantitative estimate of drug-likeness (QED) is 0.666. The Balaban J connectivity index is 2.37. The minimum absolute atomic E-state index is 0.323.